The first-order chi connectivity index (χ1) is 9.58. The van der Waals surface area contributed by atoms with Crippen molar-refractivity contribution in [3.8, 4) is 0 Å². The van der Waals surface area contributed by atoms with E-state index in [1.54, 1.807) is 11.8 Å². The van der Waals surface area contributed by atoms with Crippen molar-refractivity contribution in [3.63, 3.8) is 0 Å². The van der Waals surface area contributed by atoms with E-state index in [9.17, 15) is 9.59 Å². The third-order valence-electron chi connectivity index (χ3n) is 3.80. The number of piperazine rings is 1. The second-order valence-corrected chi connectivity index (χ2v) is 5.38. The smallest absolute Gasteiger partial charge is 0.239 e. The van der Waals surface area contributed by atoms with E-state index in [0.717, 1.165) is 13.1 Å². The molecular weight excluding hydrogens is 260 g/mol. The molecule has 7 nitrogen and oxygen atoms in total. The predicted molar refractivity (Wildman–Crippen MR) is 74.1 cm³/mol. The van der Waals surface area contributed by atoms with E-state index in [2.05, 4.69) is 4.90 Å². The molecule has 114 valence electrons. The second-order valence-electron chi connectivity index (χ2n) is 5.38. The van der Waals surface area contributed by atoms with E-state index in [4.69, 9.17) is 10.5 Å². The fraction of sp³-hybridized carbons (Fsp3) is 0.846. The highest BCUT2D eigenvalue weighted by atomic mass is 16.5. The van der Waals surface area contributed by atoms with Gasteiger partial charge in [-0.05, 0) is 6.92 Å². The first-order valence-electron chi connectivity index (χ1n) is 7.20. The lowest BCUT2D eigenvalue weighted by Gasteiger charge is -2.36. The van der Waals surface area contributed by atoms with Gasteiger partial charge in [0.25, 0.3) is 0 Å². The number of hydrogen-bond donors (Lipinski definition) is 1. The number of carbonyl (C=O) groups excluding carboxylic acids is 2. The van der Waals surface area contributed by atoms with Gasteiger partial charge in [0.15, 0.2) is 0 Å². The fourth-order valence-corrected chi connectivity index (χ4v) is 2.52. The molecule has 7 heteroatoms. The van der Waals surface area contributed by atoms with E-state index >= 15 is 0 Å². The number of amides is 2. The molecule has 1 atom stereocenters. The molecule has 2 amide bonds. The van der Waals surface area contributed by atoms with Crippen LogP contribution in [0.2, 0.25) is 0 Å². The Morgan fingerprint density at radius 3 is 2.20 bits per heavy atom. The topological polar surface area (TPSA) is 79.1 Å². The molecule has 0 aliphatic carbocycles. The van der Waals surface area contributed by atoms with Crippen LogP contribution >= 0.6 is 0 Å². The molecule has 0 aromatic carbocycles. The number of nitrogens with two attached hydrogens (primary N) is 1. The SMILES string of the molecule is CC(N)C(=O)N1CCN(CC(=O)N2CCOCC2)CC1. The summed E-state index contributed by atoms with van der Waals surface area (Å²) in [5.74, 6) is 0.143. The Morgan fingerprint density at radius 2 is 1.65 bits per heavy atom. The molecule has 20 heavy (non-hydrogen) atoms. The van der Waals surface area contributed by atoms with E-state index in [-0.39, 0.29) is 11.8 Å². The van der Waals surface area contributed by atoms with Crippen LogP contribution in [0.25, 0.3) is 0 Å². The first kappa shape index (κ1) is 15.2. The van der Waals surface area contributed by atoms with Crippen LogP contribution in [-0.2, 0) is 14.3 Å². The van der Waals surface area contributed by atoms with Crippen LogP contribution < -0.4 is 5.73 Å². The zero-order chi connectivity index (χ0) is 14.5. The third-order valence-corrected chi connectivity index (χ3v) is 3.80. The number of rotatable bonds is 3. The van der Waals surface area contributed by atoms with Gasteiger partial charge in [-0.15, -0.1) is 0 Å². The van der Waals surface area contributed by atoms with Crippen LogP contribution in [0.4, 0.5) is 0 Å². The molecular formula is C13H24N4O3. The zero-order valence-corrected chi connectivity index (χ0v) is 12.1. The molecule has 0 bridgehead atoms. The average molecular weight is 284 g/mol. The lowest BCUT2D eigenvalue weighted by atomic mass is 10.2. The maximum atomic E-state index is 12.1. The van der Waals surface area contributed by atoms with Crippen molar-refractivity contribution in [1.29, 1.82) is 0 Å². The first-order valence-corrected chi connectivity index (χ1v) is 7.20. The normalized spacial score (nSPS) is 22.7. The number of carbonyl (C=O) groups is 2. The summed E-state index contributed by atoms with van der Waals surface area (Å²) in [6.45, 7) is 7.52. The molecule has 1 unspecified atom stereocenters. The van der Waals surface area contributed by atoms with Gasteiger partial charge >= 0.3 is 0 Å². The van der Waals surface area contributed by atoms with Gasteiger partial charge in [0.05, 0.1) is 25.8 Å². The van der Waals surface area contributed by atoms with Gasteiger partial charge in [0.2, 0.25) is 11.8 Å². The molecule has 2 fully saturated rings. The summed E-state index contributed by atoms with van der Waals surface area (Å²) in [6, 6.07) is -0.448. The standard InChI is InChI=1S/C13H24N4O3/c1-11(14)13(19)17-4-2-15(3-5-17)10-12(18)16-6-8-20-9-7-16/h11H,2-10,14H2,1H3. The Bertz CT molecular complexity index is 348. The Balaban J connectivity index is 1.73. The van der Waals surface area contributed by atoms with Gasteiger partial charge < -0.3 is 20.3 Å². The number of morpholine rings is 1. The van der Waals surface area contributed by atoms with Crippen molar-refractivity contribution in [2.24, 2.45) is 5.73 Å². The average Bonchev–Trinajstić information content (AvgIpc) is 2.48. The summed E-state index contributed by atoms with van der Waals surface area (Å²) in [4.78, 5) is 29.6. The molecule has 2 heterocycles. The van der Waals surface area contributed by atoms with Crippen LogP contribution in [-0.4, -0.2) is 91.6 Å². The fourth-order valence-electron chi connectivity index (χ4n) is 2.52. The minimum absolute atomic E-state index is 0.0100. The molecule has 0 aromatic heterocycles. The Labute approximate surface area is 119 Å². The lowest BCUT2D eigenvalue weighted by Crippen LogP contribution is -2.54. The summed E-state index contributed by atoms with van der Waals surface area (Å²) in [5, 5.41) is 0. The van der Waals surface area contributed by atoms with E-state index in [1.165, 1.54) is 0 Å². The Kier molecular flexibility index (Phi) is 5.33. The summed E-state index contributed by atoms with van der Waals surface area (Å²) in [6.07, 6.45) is 0. The zero-order valence-electron chi connectivity index (χ0n) is 12.1. The predicted octanol–water partition coefficient (Wildman–Crippen LogP) is -1.66. The molecule has 2 saturated heterocycles. The molecule has 0 radical (unpaired) electrons. The highest BCUT2D eigenvalue weighted by Gasteiger charge is 2.25. The van der Waals surface area contributed by atoms with Crippen LogP contribution in [0.3, 0.4) is 0 Å². The van der Waals surface area contributed by atoms with Crippen molar-refractivity contribution >= 4 is 11.8 Å². The molecule has 2 aliphatic rings. The van der Waals surface area contributed by atoms with Crippen molar-refractivity contribution in [2.45, 2.75) is 13.0 Å². The lowest BCUT2D eigenvalue weighted by molar-refractivity contribution is -0.138. The van der Waals surface area contributed by atoms with Crippen molar-refractivity contribution in [2.75, 3.05) is 59.0 Å². The van der Waals surface area contributed by atoms with E-state index in [1.807, 2.05) is 4.90 Å². The minimum Gasteiger partial charge on any atom is -0.378 e. The highest BCUT2D eigenvalue weighted by molar-refractivity contribution is 5.81. The molecule has 0 aromatic rings. The van der Waals surface area contributed by atoms with Crippen molar-refractivity contribution in [3.05, 3.63) is 0 Å². The molecule has 2 rings (SSSR count). The second kappa shape index (κ2) is 7.01. The van der Waals surface area contributed by atoms with Gasteiger partial charge in [-0.1, -0.05) is 0 Å². The number of ether oxygens (including phenoxy) is 1. The summed E-state index contributed by atoms with van der Waals surface area (Å²) in [5.41, 5.74) is 5.60. The molecule has 2 aliphatic heterocycles. The van der Waals surface area contributed by atoms with Crippen LogP contribution in [0.5, 0.6) is 0 Å². The summed E-state index contributed by atoms with van der Waals surface area (Å²) < 4.78 is 5.24. The van der Waals surface area contributed by atoms with Crippen molar-refractivity contribution in [1.82, 2.24) is 14.7 Å². The van der Waals surface area contributed by atoms with Gasteiger partial charge in [0.1, 0.15) is 0 Å². The quantitative estimate of drug-likeness (QED) is 0.671. The monoisotopic (exact) mass is 284 g/mol. The Morgan fingerprint density at radius 1 is 1.05 bits per heavy atom. The Hall–Kier alpha value is -1.18. The van der Waals surface area contributed by atoms with Crippen LogP contribution in [0, 0.1) is 0 Å². The molecule has 0 spiro atoms. The van der Waals surface area contributed by atoms with E-state index < -0.39 is 6.04 Å². The van der Waals surface area contributed by atoms with Gasteiger partial charge in [0, 0.05) is 39.3 Å². The number of nitrogens with zero attached hydrogens (tertiary/aromatic N) is 3. The van der Waals surface area contributed by atoms with Gasteiger partial charge in [-0.3, -0.25) is 14.5 Å². The van der Waals surface area contributed by atoms with Crippen LogP contribution in [0.1, 0.15) is 6.92 Å². The maximum Gasteiger partial charge on any atom is 0.239 e. The van der Waals surface area contributed by atoms with Gasteiger partial charge in [-0.2, -0.15) is 0 Å². The third kappa shape index (κ3) is 3.91. The van der Waals surface area contributed by atoms with Crippen molar-refractivity contribution < 1.29 is 14.3 Å². The number of hydrogen-bond acceptors (Lipinski definition) is 5. The van der Waals surface area contributed by atoms with Gasteiger partial charge in [-0.25, -0.2) is 0 Å². The largest absolute Gasteiger partial charge is 0.378 e. The van der Waals surface area contributed by atoms with E-state index in [0.29, 0.717) is 45.9 Å². The molecule has 0 saturated carbocycles. The minimum atomic E-state index is -0.448. The summed E-state index contributed by atoms with van der Waals surface area (Å²) in [7, 11) is 0. The summed E-state index contributed by atoms with van der Waals surface area (Å²) >= 11 is 0. The highest BCUT2D eigenvalue weighted by Crippen LogP contribution is 2.05. The van der Waals surface area contributed by atoms with Crippen LogP contribution in [0.15, 0.2) is 0 Å². The molecule has 2 N–H and O–H groups in total. The maximum absolute atomic E-state index is 12.1.